The minimum absolute atomic E-state index is 0.120. The molecule has 7 heteroatoms. The first-order valence-corrected chi connectivity index (χ1v) is 8.74. The van der Waals surface area contributed by atoms with Crippen LogP contribution in [0.1, 0.15) is 29.5 Å². The molecule has 1 aliphatic heterocycles. The molecule has 22 heavy (non-hydrogen) atoms. The van der Waals surface area contributed by atoms with Crippen LogP contribution < -0.4 is 5.32 Å². The van der Waals surface area contributed by atoms with E-state index in [2.05, 4.69) is 20.2 Å². The molecule has 1 saturated heterocycles. The Kier molecular flexibility index (Phi) is 7.08. The molecule has 1 aromatic rings. The van der Waals surface area contributed by atoms with Crippen molar-refractivity contribution in [1.29, 1.82) is 0 Å². The Balaban J connectivity index is 1.76. The smallest absolute Gasteiger partial charge is 0.270 e. The highest BCUT2D eigenvalue weighted by Crippen LogP contribution is 2.13. The van der Waals surface area contributed by atoms with Crippen molar-refractivity contribution in [2.75, 3.05) is 45.1 Å². The van der Waals surface area contributed by atoms with Crippen LogP contribution in [0.3, 0.4) is 0 Å². The first-order valence-electron chi connectivity index (χ1n) is 7.76. The first kappa shape index (κ1) is 17.2. The van der Waals surface area contributed by atoms with Crippen molar-refractivity contribution in [3.05, 3.63) is 17.5 Å². The zero-order chi connectivity index (χ0) is 15.8. The minimum atomic E-state index is -0.120. The summed E-state index contributed by atoms with van der Waals surface area (Å²) in [5.74, 6) is 0.773. The molecule has 0 unspecified atom stereocenters. The molecule has 6 nitrogen and oxygen atoms in total. The number of thioether (sulfide) groups is 1. The third-order valence-corrected chi connectivity index (χ3v) is 4.11. The van der Waals surface area contributed by atoms with E-state index in [1.807, 2.05) is 13.8 Å². The van der Waals surface area contributed by atoms with Gasteiger partial charge in [0.15, 0.2) is 5.16 Å². The summed E-state index contributed by atoms with van der Waals surface area (Å²) < 4.78 is 5.32. The number of aryl methyl sites for hydroxylation is 1. The lowest BCUT2D eigenvalue weighted by molar-refractivity contribution is 0.0374. The number of hydrogen-bond acceptors (Lipinski definition) is 6. The predicted octanol–water partition coefficient (Wildman–Crippen LogP) is 1.35. The van der Waals surface area contributed by atoms with Crippen molar-refractivity contribution in [3.8, 4) is 0 Å². The van der Waals surface area contributed by atoms with E-state index in [1.54, 1.807) is 17.8 Å². The topological polar surface area (TPSA) is 67.4 Å². The highest BCUT2D eigenvalue weighted by molar-refractivity contribution is 7.99. The van der Waals surface area contributed by atoms with Gasteiger partial charge in [0, 0.05) is 25.3 Å². The maximum atomic E-state index is 12.2. The van der Waals surface area contributed by atoms with Crippen LogP contribution in [0.25, 0.3) is 0 Å². The summed E-state index contributed by atoms with van der Waals surface area (Å²) >= 11 is 1.55. The maximum absolute atomic E-state index is 12.2. The number of morpholine rings is 1. The van der Waals surface area contributed by atoms with Gasteiger partial charge in [-0.25, -0.2) is 9.97 Å². The zero-order valence-electron chi connectivity index (χ0n) is 13.3. The average Bonchev–Trinajstić information content (AvgIpc) is 2.52. The second-order valence-electron chi connectivity index (χ2n) is 5.17. The quantitative estimate of drug-likeness (QED) is 0.464. The molecular formula is C15H24N4O2S. The average molecular weight is 324 g/mol. The van der Waals surface area contributed by atoms with Crippen LogP contribution in [0.5, 0.6) is 0 Å². The molecule has 0 aliphatic carbocycles. The maximum Gasteiger partial charge on any atom is 0.270 e. The van der Waals surface area contributed by atoms with Crippen molar-refractivity contribution >= 4 is 17.7 Å². The second-order valence-corrected chi connectivity index (χ2v) is 6.40. The molecule has 0 atom stereocenters. The Hall–Kier alpha value is -1.18. The lowest BCUT2D eigenvalue weighted by Gasteiger charge is -2.26. The van der Waals surface area contributed by atoms with Crippen molar-refractivity contribution in [1.82, 2.24) is 20.2 Å². The standard InChI is InChI=1S/C15H24N4O2S/c1-3-22-15-17-12(2)11-13(18-15)14(20)16-5-4-6-19-7-9-21-10-8-19/h11H,3-10H2,1-2H3,(H,16,20). The number of nitrogens with one attached hydrogen (secondary N) is 1. The fraction of sp³-hybridized carbons (Fsp3) is 0.667. The van der Waals surface area contributed by atoms with Crippen LogP contribution in [0.2, 0.25) is 0 Å². The predicted molar refractivity (Wildman–Crippen MR) is 87.4 cm³/mol. The molecule has 1 fully saturated rings. The van der Waals surface area contributed by atoms with E-state index in [1.165, 1.54) is 0 Å². The van der Waals surface area contributed by atoms with Gasteiger partial charge in [-0.15, -0.1) is 0 Å². The molecule has 2 rings (SSSR count). The van der Waals surface area contributed by atoms with Gasteiger partial charge in [-0.05, 0) is 31.7 Å². The Bertz CT molecular complexity index is 492. The van der Waals surface area contributed by atoms with E-state index in [0.717, 1.165) is 50.7 Å². The van der Waals surface area contributed by atoms with Gasteiger partial charge in [0.2, 0.25) is 0 Å². The molecule has 1 amide bonds. The van der Waals surface area contributed by atoms with E-state index in [0.29, 0.717) is 17.4 Å². The number of aromatic nitrogens is 2. The van der Waals surface area contributed by atoms with Crippen LogP contribution >= 0.6 is 11.8 Å². The summed E-state index contributed by atoms with van der Waals surface area (Å²) in [7, 11) is 0. The number of nitrogens with zero attached hydrogens (tertiary/aromatic N) is 3. The Morgan fingerprint density at radius 1 is 1.41 bits per heavy atom. The molecule has 0 spiro atoms. The van der Waals surface area contributed by atoms with Gasteiger partial charge in [-0.2, -0.15) is 0 Å². The van der Waals surface area contributed by atoms with E-state index >= 15 is 0 Å². The van der Waals surface area contributed by atoms with Crippen LogP contribution in [0.4, 0.5) is 0 Å². The molecule has 1 aromatic heterocycles. The fourth-order valence-electron chi connectivity index (χ4n) is 2.27. The van der Waals surface area contributed by atoms with Crippen molar-refractivity contribution in [3.63, 3.8) is 0 Å². The number of carbonyl (C=O) groups excluding carboxylic acids is 1. The van der Waals surface area contributed by atoms with E-state index in [4.69, 9.17) is 4.74 Å². The first-order chi connectivity index (χ1) is 10.7. The highest BCUT2D eigenvalue weighted by Gasteiger charge is 2.12. The molecule has 0 bridgehead atoms. The molecule has 1 aliphatic rings. The van der Waals surface area contributed by atoms with Crippen molar-refractivity contribution in [2.24, 2.45) is 0 Å². The number of carbonyl (C=O) groups is 1. The summed E-state index contributed by atoms with van der Waals surface area (Å²) in [6, 6.07) is 1.73. The van der Waals surface area contributed by atoms with Gasteiger partial charge in [0.1, 0.15) is 5.69 Å². The van der Waals surface area contributed by atoms with Gasteiger partial charge in [0.25, 0.3) is 5.91 Å². The van der Waals surface area contributed by atoms with E-state index in [-0.39, 0.29) is 5.91 Å². The van der Waals surface area contributed by atoms with Crippen LogP contribution in [-0.2, 0) is 4.74 Å². The lowest BCUT2D eigenvalue weighted by Crippen LogP contribution is -2.38. The monoisotopic (exact) mass is 324 g/mol. The molecule has 0 saturated carbocycles. The number of rotatable bonds is 7. The van der Waals surface area contributed by atoms with Crippen LogP contribution in [-0.4, -0.2) is 65.9 Å². The second kappa shape index (κ2) is 9.07. The third-order valence-electron chi connectivity index (χ3n) is 3.38. The van der Waals surface area contributed by atoms with E-state index < -0.39 is 0 Å². The molecule has 122 valence electrons. The summed E-state index contributed by atoms with van der Waals surface area (Å²) in [6.45, 7) is 9.17. The van der Waals surface area contributed by atoms with Crippen LogP contribution in [0, 0.1) is 6.92 Å². The molecule has 0 aromatic carbocycles. The Morgan fingerprint density at radius 2 is 2.18 bits per heavy atom. The molecular weight excluding hydrogens is 300 g/mol. The molecule has 0 radical (unpaired) electrons. The van der Waals surface area contributed by atoms with Crippen LogP contribution in [0.15, 0.2) is 11.2 Å². The van der Waals surface area contributed by atoms with E-state index in [9.17, 15) is 4.79 Å². The van der Waals surface area contributed by atoms with Gasteiger partial charge >= 0.3 is 0 Å². The number of hydrogen-bond donors (Lipinski definition) is 1. The molecule has 1 N–H and O–H groups in total. The van der Waals surface area contributed by atoms with Gasteiger partial charge in [-0.1, -0.05) is 18.7 Å². The third kappa shape index (κ3) is 5.55. The minimum Gasteiger partial charge on any atom is -0.379 e. The van der Waals surface area contributed by atoms with Gasteiger partial charge < -0.3 is 10.1 Å². The Labute approximate surface area is 136 Å². The van der Waals surface area contributed by atoms with Gasteiger partial charge in [-0.3, -0.25) is 9.69 Å². The summed E-state index contributed by atoms with van der Waals surface area (Å²) in [5, 5.41) is 3.61. The molecule has 2 heterocycles. The summed E-state index contributed by atoms with van der Waals surface area (Å²) in [5.41, 5.74) is 1.28. The fourth-order valence-corrected chi connectivity index (χ4v) is 2.90. The largest absolute Gasteiger partial charge is 0.379 e. The summed E-state index contributed by atoms with van der Waals surface area (Å²) in [4.78, 5) is 23.1. The zero-order valence-corrected chi connectivity index (χ0v) is 14.1. The highest BCUT2D eigenvalue weighted by atomic mass is 32.2. The van der Waals surface area contributed by atoms with Crippen molar-refractivity contribution in [2.45, 2.75) is 25.4 Å². The lowest BCUT2D eigenvalue weighted by atomic mass is 10.3. The Morgan fingerprint density at radius 3 is 2.91 bits per heavy atom. The van der Waals surface area contributed by atoms with Gasteiger partial charge in [0.05, 0.1) is 13.2 Å². The SMILES string of the molecule is CCSc1nc(C)cc(C(=O)NCCCN2CCOCC2)n1. The van der Waals surface area contributed by atoms with Crippen molar-refractivity contribution < 1.29 is 9.53 Å². The normalized spacial score (nSPS) is 15.7. The number of ether oxygens (including phenoxy) is 1. The summed E-state index contributed by atoms with van der Waals surface area (Å²) in [6.07, 6.45) is 0.937. The number of amides is 1.